The van der Waals surface area contributed by atoms with Crippen LogP contribution in [0, 0.1) is 0 Å². The number of hydrogen-bond donors (Lipinski definition) is 1. The summed E-state index contributed by atoms with van der Waals surface area (Å²) in [6.45, 7) is 2.14. The highest BCUT2D eigenvalue weighted by Crippen LogP contribution is 2.31. The molecule has 0 aromatic carbocycles. The Morgan fingerprint density at radius 2 is 1.93 bits per heavy atom. The third kappa shape index (κ3) is 3.99. The number of piperidine rings is 2. The van der Waals surface area contributed by atoms with Crippen molar-refractivity contribution in [3.8, 4) is 0 Å². The van der Waals surface area contributed by atoms with Gasteiger partial charge in [-0.05, 0) is 50.2 Å². The molecule has 2 saturated heterocycles. The lowest BCUT2D eigenvalue weighted by atomic mass is 9.97. The summed E-state index contributed by atoms with van der Waals surface area (Å²) in [5.74, 6) is -0.147. The molecule has 1 N–H and O–H groups in total. The largest absolute Gasteiger partial charge is 0.337 e. The maximum absolute atomic E-state index is 13.0. The van der Waals surface area contributed by atoms with Crippen LogP contribution in [0.3, 0.4) is 0 Å². The highest BCUT2D eigenvalue weighted by molar-refractivity contribution is 7.10. The van der Waals surface area contributed by atoms with Crippen LogP contribution in [0.2, 0.25) is 0 Å². The van der Waals surface area contributed by atoms with Gasteiger partial charge in [0.1, 0.15) is 0 Å². The maximum Gasteiger partial charge on any atom is 0.323 e. The van der Waals surface area contributed by atoms with E-state index in [1.807, 2.05) is 23.2 Å². The highest BCUT2D eigenvalue weighted by atomic mass is 32.1. The molecule has 4 rings (SSSR count). The van der Waals surface area contributed by atoms with E-state index in [0.717, 1.165) is 68.7 Å². The van der Waals surface area contributed by atoms with E-state index in [-0.39, 0.29) is 23.7 Å². The Hall–Kier alpha value is -2.55. The minimum Gasteiger partial charge on any atom is -0.337 e. The Labute approximate surface area is 168 Å². The Morgan fingerprint density at radius 3 is 2.71 bits per heavy atom. The van der Waals surface area contributed by atoms with Crippen LogP contribution in [0.5, 0.6) is 0 Å². The quantitative estimate of drug-likeness (QED) is 0.853. The monoisotopic (exact) mass is 400 g/mol. The summed E-state index contributed by atoms with van der Waals surface area (Å²) in [4.78, 5) is 33.6. The average Bonchev–Trinajstić information content (AvgIpc) is 3.22. The Morgan fingerprint density at radius 1 is 1.11 bits per heavy atom. The van der Waals surface area contributed by atoms with Crippen molar-refractivity contribution in [3.05, 3.63) is 35.8 Å². The summed E-state index contributed by atoms with van der Waals surface area (Å²) in [5, 5.41) is 7.32. The SMILES string of the molecule is O=C(c1nnsc1NC(=O)N1CCCC[C@@H]1c1cccnc1)N1CCCCC1. The van der Waals surface area contributed by atoms with Gasteiger partial charge >= 0.3 is 6.03 Å². The first-order valence-electron chi connectivity index (χ1n) is 9.83. The van der Waals surface area contributed by atoms with Crippen LogP contribution in [0.4, 0.5) is 9.80 Å². The van der Waals surface area contributed by atoms with Gasteiger partial charge in [0.2, 0.25) is 0 Å². The Kier molecular flexibility index (Phi) is 5.80. The van der Waals surface area contributed by atoms with E-state index < -0.39 is 0 Å². The van der Waals surface area contributed by atoms with Gasteiger partial charge < -0.3 is 9.80 Å². The number of aromatic nitrogens is 3. The van der Waals surface area contributed by atoms with Crippen molar-refractivity contribution in [1.82, 2.24) is 24.4 Å². The number of nitrogens with one attached hydrogen (secondary N) is 1. The van der Waals surface area contributed by atoms with Crippen LogP contribution in [-0.4, -0.2) is 55.9 Å². The van der Waals surface area contributed by atoms with Gasteiger partial charge in [0.25, 0.3) is 5.91 Å². The van der Waals surface area contributed by atoms with Gasteiger partial charge in [0.05, 0.1) is 6.04 Å². The lowest BCUT2D eigenvalue weighted by molar-refractivity contribution is 0.0719. The molecule has 28 heavy (non-hydrogen) atoms. The summed E-state index contributed by atoms with van der Waals surface area (Å²) < 4.78 is 3.91. The van der Waals surface area contributed by atoms with E-state index in [2.05, 4.69) is 19.9 Å². The van der Waals surface area contributed by atoms with Gasteiger partial charge in [0, 0.05) is 43.6 Å². The molecule has 0 aliphatic carbocycles. The second-order valence-corrected chi connectivity index (χ2v) is 7.98. The molecule has 8 nitrogen and oxygen atoms in total. The van der Waals surface area contributed by atoms with Crippen LogP contribution in [0.1, 0.15) is 60.6 Å². The second kappa shape index (κ2) is 8.64. The number of carbonyl (C=O) groups is 2. The first-order valence-corrected chi connectivity index (χ1v) is 10.6. The van der Waals surface area contributed by atoms with Crippen molar-refractivity contribution in [1.29, 1.82) is 0 Å². The van der Waals surface area contributed by atoms with Crippen molar-refractivity contribution in [2.75, 3.05) is 25.0 Å². The van der Waals surface area contributed by atoms with Crippen LogP contribution in [-0.2, 0) is 0 Å². The molecule has 148 valence electrons. The third-order valence-corrected chi connectivity index (χ3v) is 6.03. The van der Waals surface area contributed by atoms with E-state index in [9.17, 15) is 9.59 Å². The van der Waals surface area contributed by atoms with Crippen molar-refractivity contribution >= 4 is 28.5 Å². The maximum atomic E-state index is 13.0. The molecule has 3 amide bonds. The van der Waals surface area contributed by atoms with E-state index >= 15 is 0 Å². The first kappa shape index (κ1) is 18.8. The van der Waals surface area contributed by atoms with Gasteiger partial charge in [0.15, 0.2) is 10.7 Å². The lowest BCUT2D eigenvalue weighted by Gasteiger charge is -2.35. The number of rotatable bonds is 3. The molecule has 0 spiro atoms. The van der Waals surface area contributed by atoms with E-state index in [1.165, 1.54) is 0 Å². The summed E-state index contributed by atoms with van der Waals surface area (Å²) in [7, 11) is 0. The molecule has 1 atom stereocenters. The van der Waals surface area contributed by atoms with Gasteiger partial charge in [-0.3, -0.25) is 15.1 Å². The fourth-order valence-electron chi connectivity index (χ4n) is 3.92. The molecule has 2 aromatic heterocycles. The van der Waals surface area contributed by atoms with Crippen molar-refractivity contribution in [2.24, 2.45) is 0 Å². The Bertz CT molecular complexity index is 821. The van der Waals surface area contributed by atoms with Crippen LogP contribution in [0.15, 0.2) is 24.5 Å². The zero-order chi connectivity index (χ0) is 19.3. The number of anilines is 1. The second-order valence-electron chi connectivity index (χ2n) is 7.23. The molecule has 0 radical (unpaired) electrons. The Balaban J connectivity index is 1.49. The number of urea groups is 1. The van der Waals surface area contributed by atoms with Gasteiger partial charge in [-0.25, -0.2) is 4.79 Å². The normalized spacial score (nSPS) is 20.1. The molecular weight excluding hydrogens is 376 g/mol. The van der Waals surface area contributed by atoms with Gasteiger partial charge in [-0.15, -0.1) is 5.10 Å². The number of hydrogen-bond acceptors (Lipinski definition) is 6. The van der Waals surface area contributed by atoms with Gasteiger partial charge in [-0.1, -0.05) is 10.6 Å². The predicted octanol–water partition coefficient (Wildman–Crippen LogP) is 3.32. The highest BCUT2D eigenvalue weighted by Gasteiger charge is 2.30. The summed E-state index contributed by atoms with van der Waals surface area (Å²) in [6.07, 6.45) is 9.65. The number of likely N-dealkylation sites (tertiary alicyclic amines) is 2. The molecule has 9 heteroatoms. The average molecular weight is 401 g/mol. The van der Waals surface area contributed by atoms with E-state index in [4.69, 9.17) is 0 Å². The van der Waals surface area contributed by atoms with Crippen molar-refractivity contribution in [3.63, 3.8) is 0 Å². The van der Waals surface area contributed by atoms with Crippen LogP contribution < -0.4 is 5.32 Å². The van der Waals surface area contributed by atoms with Crippen LogP contribution >= 0.6 is 11.5 Å². The number of carbonyl (C=O) groups excluding carboxylic acids is 2. The smallest absolute Gasteiger partial charge is 0.323 e. The lowest BCUT2D eigenvalue weighted by Crippen LogP contribution is -2.41. The zero-order valence-electron chi connectivity index (χ0n) is 15.7. The minimum absolute atomic E-state index is 0.00965. The molecule has 0 saturated carbocycles. The number of amides is 3. The molecule has 2 fully saturated rings. The van der Waals surface area contributed by atoms with E-state index in [1.54, 1.807) is 11.1 Å². The van der Waals surface area contributed by atoms with E-state index in [0.29, 0.717) is 11.5 Å². The van der Waals surface area contributed by atoms with Gasteiger partial charge in [-0.2, -0.15) is 0 Å². The zero-order valence-corrected chi connectivity index (χ0v) is 16.5. The number of pyridine rings is 1. The standard InChI is InChI=1S/C19H24N6O2S/c26-18(24-10-3-1-4-11-24)16-17(28-23-22-16)21-19(27)25-12-5-2-8-15(25)14-7-6-9-20-13-14/h6-7,9,13,15H,1-5,8,10-12H2,(H,21,27)/t15-/m1/s1. The van der Waals surface area contributed by atoms with Crippen molar-refractivity contribution < 1.29 is 9.59 Å². The molecular formula is C19H24N6O2S. The van der Waals surface area contributed by atoms with Crippen LogP contribution in [0.25, 0.3) is 0 Å². The fraction of sp³-hybridized carbons (Fsp3) is 0.526. The molecule has 2 aliphatic heterocycles. The first-order chi connectivity index (χ1) is 13.7. The summed E-state index contributed by atoms with van der Waals surface area (Å²) in [6, 6.07) is 3.67. The number of nitrogens with zero attached hydrogens (tertiary/aromatic N) is 5. The predicted molar refractivity (Wildman–Crippen MR) is 106 cm³/mol. The molecule has 0 unspecified atom stereocenters. The topological polar surface area (TPSA) is 91.3 Å². The molecule has 4 heterocycles. The summed E-state index contributed by atoms with van der Waals surface area (Å²) in [5.41, 5.74) is 1.28. The van der Waals surface area contributed by atoms with Crippen molar-refractivity contribution in [2.45, 2.75) is 44.6 Å². The minimum atomic E-state index is -0.215. The fourth-order valence-corrected chi connectivity index (χ4v) is 4.47. The molecule has 0 bridgehead atoms. The molecule has 2 aliphatic rings. The third-order valence-electron chi connectivity index (χ3n) is 5.39. The summed E-state index contributed by atoms with van der Waals surface area (Å²) >= 11 is 1.05. The molecule has 2 aromatic rings.